The maximum absolute atomic E-state index is 6.25. The van der Waals surface area contributed by atoms with Gasteiger partial charge in [-0.05, 0) is 48.6 Å². The fraction of sp³-hybridized carbons (Fsp3) is 0. The predicted molar refractivity (Wildman–Crippen MR) is 86.2 cm³/mol. The molecule has 6 heteroatoms. The molecule has 96 valence electrons. The Kier molecular flexibility index (Phi) is 3.43. The molecule has 1 heterocycles. The molecule has 3 rings (SSSR count). The first-order valence-electron chi connectivity index (χ1n) is 5.42. The summed E-state index contributed by atoms with van der Waals surface area (Å²) >= 11 is 21.0. The Bertz CT molecular complexity index is 838. The number of fused-ring (bicyclic) bond motifs is 1. The minimum Gasteiger partial charge on any atom is -0.330 e. The summed E-state index contributed by atoms with van der Waals surface area (Å²) < 4.78 is 3.48. The van der Waals surface area contributed by atoms with Crippen LogP contribution in [0.15, 0.2) is 40.9 Å². The summed E-state index contributed by atoms with van der Waals surface area (Å²) in [7, 11) is 0. The van der Waals surface area contributed by atoms with Crippen LogP contribution < -0.4 is 0 Å². The van der Waals surface area contributed by atoms with E-state index in [1.54, 1.807) is 12.1 Å². The van der Waals surface area contributed by atoms with Crippen molar-refractivity contribution >= 4 is 62.4 Å². The van der Waals surface area contributed by atoms with Crippen LogP contribution in [0.3, 0.4) is 0 Å². The highest BCUT2D eigenvalue weighted by Gasteiger charge is 2.10. The highest BCUT2D eigenvalue weighted by atomic mass is 79.9. The van der Waals surface area contributed by atoms with Gasteiger partial charge in [-0.3, -0.25) is 4.57 Å². The van der Waals surface area contributed by atoms with Gasteiger partial charge in [-0.1, -0.05) is 39.1 Å². The van der Waals surface area contributed by atoms with E-state index in [0.29, 0.717) is 14.8 Å². The van der Waals surface area contributed by atoms with Crippen molar-refractivity contribution in [3.63, 3.8) is 0 Å². The zero-order chi connectivity index (χ0) is 13.6. The maximum Gasteiger partial charge on any atom is 0.182 e. The van der Waals surface area contributed by atoms with E-state index in [1.807, 2.05) is 28.8 Å². The van der Waals surface area contributed by atoms with Gasteiger partial charge < -0.3 is 4.98 Å². The van der Waals surface area contributed by atoms with Gasteiger partial charge >= 0.3 is 0 Å². The van der Waals surface area contributed by atoms with Crippen LogP contribution in [0.25, 0.3) is 16.7 Å². The molecule has 19 heavy (non-hydrogen) atoms. The molecule has 0 spiro atoms. The van der Waals surface area contributed by atoms with E-state index in [2.05, 4.69) is 20.9 Å². The van der Waals surface area contributed by atoms with Gasteiger partial charge in [0.05, 0.1) is 21.7 Å². The summed E-state index contributed by atoms with van der Waals surface area (Å²) in [6, 6.07) is 11.3. The summed E-state index contributed by atoms with van der Waals surface area (Å²) in [6.45, 7) is 0. The Morgan fingerprint density at radius 2 is 1.89 bits per heavy atom. The van der Waals surface area contributed by atoms with Crippen molar-refractivity contribution in [2.45, 2.75) is 0 Å². The Morgan fingerprint density at radius 1 is 1.11 bits per heavy atom. The lowest BCUT2D eigenvalue weighted by atomic mass is 10.3. The van der Waals surface area contributed by atoms with Crippen LogP contribution in [0, 0.1) is 4.77 Å². The molecule has 0 aliphatic carbocycles. The number of H-pyrrole nitrogens is 1. The van der Waals surface area contributed by atoms with E-state index in [9.17, 15) is 0 Å². The molecule has 0 atom stereocenters. The van der Waals surface area contributed by atoms with E-state index >= 15 is 0 Å². The van der Waals surface area contributed by atoms with Crippen LogP contribution in [-0.2, 0) is 0 Å². The molecule has 1 N–H and O–H groups in total. The van der Waals surface area contributed by atoms with E-state index in [-0.39, 0.29) is 0 Å². The van der Waals surface area contributed by atoms with Crippen LogP contribution in [0.4, 0.5) is 0 Å². The summed E-state index contributed by atoms with van der Waals surface area (Å²) in [6.07, 6.45) is 0. The van der Waals surface area contributed by atoms with E-state index in [1.165, 1.54) is 0 Å². The summed E-state index contributed by atoms with van der Waals surface area (Å²) in [5.74, 6) is 0. The zero-order valence-electron chi connectivity index (χ0n) is 9.45. The number of nitrogens with zero attached hydrogens (tertiary/aromatic N) is 1. The first kappa shape index (κ1) is 13.2. The van der Waals surface area contributed by atoms with Crippen molar-refractivity contribution in [1.29, 1.82) is 0 Å². The number of hydrogen-bond donors (Lipinski definition) is 1. The average molecular weight is 374 g/mol. The number of aromatic nitrogens is 2. The molecule has 0 amide bonds. The lowest BCUT2D eigenvalue weighted by molar-refractivity contribution is 1.07. The maximum atomic E-state index is 6.25. The van der Waals surface area contributed by atoms with Crippen LogP contribution in [0.2, 0.25) is 10.0 Å². The van der Waals surface area contributed by atoms with Gasteiger partial charge in [0.2, 0.25) is 0 Å². The summed E-state index contributed by atoms with van der Waals surface area (Å²) in [4.78, 5) is 3.16. The molecule has 0 saturated carbocycles. The predicted octanol–water partition coefficient (Wildman–Crippen LogP) is 5.76. The lowest BCUT2D eigenvalue weighted by Crippen LogP contribution is -1.94. The van der Waals surface area contributed by atoms with Gasteiger partial charge in [-0.15, -0.1) is 0 Å². The smallest absolute Gasteiger partial charge is 0.182 e. The standard InChI is InChI=1S/C13H7BrCl2N2S/c14-7-1-3-12-10(5-7)17-13(19)18(12)11-4-2-8(15)6-9(11)16/h1-6H,(H,17,19). The van der Waals surface area contributed by atoms with E-state index in [0.717, 1.165) is 21.2 Å². The number of aromatic amines is 1. The second-order valence-electron chi connectivity index (χ2n) is 4.02. The molecule has 1 aromatic heterocycles. The number of benzene rings is 2. The minimum atomic E-state index is 0.562. The van der Waals surface area contributed by atoms with Gasteiger partial charge in [-0.25, -0.2) is 0 Å². The molecule has 0 saturated heterocycles. The van der Waals surface area contributed by atoms with Crippen LogP contribution >= 0.6 is 51.3 Å². The molecule has 0 radical (unpaired) electrons. The van der Waals surface area contributed by atoms with Crippen molar-refractivity contribution in [3.05, 3.63) is 55.7 Å². The number of hydrogen-bond acceptors (Lipinski definition) is 1. The van der Waals surface area contributed by atoms with Gasteiger partial charge in [-0.2, -0.15) is 0 Å². The second-order valence-corrected chi connectivity index (χ2v) is 6.17. The Hall–Kier alpha value is -0.810. The number of nitrogens with one attached hydrogen (secondary N) is 1. The van der Waals surface area contributed by atoms with Gasteiger partial charge in [0.25, 0.3) is 0 Å². The third-order valence-electron chi connectivity index (χ3n) is 2.79. The van der Waals surface area contributed by atoms with E-state index in [4.69, 9.17) is 35.4 Å². The highest BCUT2D eigenvalue weighted by molar-refractivity contribution is 9.10. The Balaban J connectivity index is 2.36. The van der Waals surface area contributed by atoms with Gasteiger partial charge in [0, 0.05) is 9.50 Å². The quantitative estimate of drug-likeness (QED) is 0.538. The van der Waals surface area contributed by atoms with Crippen molar-refractivity contribution in [1.82, 2.24) is 9.55 Å². The minimum absolute atomic E-state index is 0.562. The largest absolute Gasteiger partial charge is 0.330 e. The molecular weight excluding hydrogens is 367 g/mol. The van der Waals surface area contributed by atoms with Crippen molar-refractivity contribution < 1.29 is 0 Å². The summed E-state index contributed by atoms with van der Waals surface area (Å²) in [5.41, 5.74) is 2.73. The van der Waals surface area contributed by atoms with Crippen LogP contribution in [0.1, 0.15) is 0 Å². The van der Waals surface area contributed by atoms with E-state index < -0.39 is 0 Å². The molecule has 0 fully saturated rings. The molecule has 0 bridgehead atoms. The van der Waals surface area contributed by atoms with Crippen molar-refractivity contribution in [2.75, 3.05) is 0 Å². The molecule has 0 unspecified atom stereocenters. The molecule has 2 nitrogen and oxygen atoms in total. The second kappa shape index (κ2) is 4.94. The SMILES string of the molecule is S=c1[nH]c2cc(Br)ccc2n1-c1ccc(Cl)cc1Cl. The Morgan fingerprint density at radius 3 is 2.63 bits per heavy atom. The topological polar surface area (TPSA) is 20.7 Å². The zero-order valence-corrected chi connectivity index (χ0v) is 13.4. The molecule has 0 aliphatic heterocycles. The lowest BCUT2D eigenvalue weighted by Gasteiger charge is -2.07. The number of rotatable bonds is 1. The molecule has 2 aromatic carbocycles. The molecular formula is C13H7BrCl2N2S. The number of halogens is 3. The highest BCUT2D eigenvalue weighted by Crippen LogP contribution is 2.29. The number of imidazole rings is 1. The van der Waals surface area contributed by atoms with Crippen LogP contribution in [0.5, 0.6) is 0 Å². The molecule has 3 aromatic rings. The monoisotopic (exact) mass is 372 g/mol. The molecule has 0 aliphatic rings. The summed E-state index contributed by atoms with van der Waals surface area (Å²) in [5, 5.41) is 1.16. The third-order valence-corrected chi connectivity index (χ3v) is 4.11. The normalized spacial score (nSPS) is 11.1. The van der Waals surface area contributed by atoms with Gasteiger partial charge in [0.15, 0.2) is 4.77 Å². The van der Waals surface area contributed by atoms with Crippen molar-refractivity contribution in [2.24, 2.45) is 0 Å². The van der Waals surface area contributed by atoms with Crippen LogP contribution in [-0.4, -0.2) is 9.55 Å². The first-order valence-corrected chi connectivity index (χ1v) is 7.38. The van der Waals surface area contributed by atoms with Crippen molar-refractivity contribution in [3.8, 4) is 5.69 Å². The fourth-order valence-electron chi connectivity index (χ4n) is 1.99. The average Bonchev–Trinajstić information content (AvgIpc) is 2.65. The van der Waals surface area contributed by atoms with Gasteiger partial charge in [0.1, 0.15) is 0 Å². The third kappa shape index (κ3) is 2.34. The first-order chi connectivity index (χ1) is 9.06. The fourth-order valence-corrected chi connectivity index (χ4v) is 3.15. The Labute approximate surface area is 133 Å².